The van der Waals surface area contributed by atoms with E-state index in [1.165, 1.54) is 5.56 Å². The summed E-state index contributed by atoms with van der Waals surface area (Å²) in [6, 6.07) is 8.47. The van der Waals surface area contributed by atoms with Gasteiger partial charge in [0.15, 0.2) is 0 Å². The molecular formula is C13H17NO. The third kappa shape index (κ3) is 2.20. The quantitative estimate of drug-likeness (QED) is 0.677. The monoisotopic (exact) mass is 203 g/mol. The molecule has 0 spiro atoms. The molecule has 2 heteroatoms. The molecule has 2 rings (SSSR count). The molecule has 15 heavy (non-hydrogen) atoms. The molecule has 2 unspecified atom stereocenters. The van der Waals surface area contributed by atoms with E-state index < -0.39 is 0 Å². The predicted octanol–water partition coefficient (Wildman–Crippen LogP) is 2.86. The van der Waals surface area contributed by atoms with Crippen molar-refractivity contribution in [2.75, 3.05) is 0 Å². The number of para-hydroxylation sites is 1. The molecule has 1 aromatic carbocycles. The molecule has 0 radical (unpaired) electrons. The van der Waals surface area contributed by atoms with E-state index in [9.17, 15) is 0 Å². The molecule has 0 aliphatic carbocycles. The van der Waals surface area contributed by atoms with Crippen molar-refractivity contribution in [3.63, 3.8) is 0 Å². The molecule has 2 atom stereocenters. The van der Waals surface area contributed by atoms with Crippen molar-refractivity contribution >= 4 is 5.71 Å². The van der Waals surface area contributed by atoms with Crippen molar-refractivity contribution < 1.29 is 4.74 Å². The Kier molecular flexibility index (Phi) is 2.76. The third-order valence-corrected chi connectivity index (χ3v) is 2.67. The zero-order valence-corrected chi connectivity index (χ0v) is 9.53. The van der Waals surface area contributed by atoms with E-state index in [0.717, 1.165) is 17.9 Å². The minimum atomic E-state index is 0.206. The maximum atomic E-state index is 5.86. The molecule has 1 aliphatic rings. The first kappa shape index (κ1) is 10.2. The first-order valence-electron chi connectivity index (χ1n) is 5.42. The van der Waals surface area contributed by atoms with Gasteiger partial charge in [-0.25, -0.2) is 0 Å². The summed E-state index contributed by atoms with van der Waals surface area (Å²) in [5, 5.41) is 0. The van der Waals surface area contributed by atoms with Crippen molar-refractivity contribution in [1.82, 2.24) is 0 Å². The van der Waals surface area contributed by atoms with Crippen LogP contribution in [0.2, 0.25) is 0 Å². The first-order valence-corrected chi connectivity index (χ1v) is 5.42. The van der Waals surface area contributed by atoms with E-state index in [-0.39, 0.29) is 12.1 Å². The van der Waals surface area contributed by atoms with E-state index in [1.54, 1.807) is 0 Å². The molecule has 1 aliphatic heterocycles. The fourth-order valence-corrected chi connectivity index (χ4v) is 1.97. The Morgan fingerprint density at radius 2 is 2.13 bits per heavy atom. The van der Waals surface area contributed by atoms with Crippen molar-refractivity contribution in [2.24, 2.45) is 4.99 Å². The summed E-state index contributed by atoms with van der Waals surface area (Å²) in [4.78, 5) is 4.53. The summed E-state index contributed by atoms with van der Waals surface area (Å²) >= 11 is 0. The van der Waals surface area contributed by atoms with E-state index in [1.807, 2.05) is 26.0 Å². The number of ether oxygens (including phenoxy) is 1. The predicted molar refractivity (Wildman–Crippen MR) is 62.8 cm³/mol. The van der Waals surface area contributed by atoms with Crippen LogP contribution < -0.4 is 4.74 Å². The normalized spacial score (nSPS) is 20.3. The van der Waals surface area contributed by atoms with Crippen LogP contribution in [-0.4, -0.2) is 17.9 Å². The average Bonchev–Trinajstić information content (AvgIpc) is 2.59. The van der Waals surface area contributed by atoms with E-state index in [4.69, 9.17) is 4.74 Å². The number of fused-ring (bicyclic) bond motifs is 1. The Morgan fingerprint density at radius 3 is 2.80 bits per heavy atom. The molecule has 80 valence electrons. The van der Waals surface area contributed by atoms with Gasteiger partial charge in [0.05, 0.1) is 6.04 Å². The number of hydrogen-bond acceptors (Lipinski definition) is 2. The van der Waals surface area contributed by atoms with Crippen LogP contribution in [0.1, 0.15) is 26.3 Å². The SMILES string of the molecule is CC(C)=NC(C)C1Cc2ccccc2O1. The summed E-state index contributed by atoms with van der Waals surface area (Å²) < 4.78 is 5.86. The molecule has 0 N–H and O–H groups in total. The highest BCUT2D eigenvalue weighted by molar-refractivity contribution is 5.79. The van der Waals surface area contributed by atoms with Crippen LogP contribution in [0.5, 0.6) is 5.75 Å². The Balaban J connectivity index is 2.10. The fraction of sp³-hybridized carbons (Fsp3) is 0.462. The maximum Gasteiger partial charge on any atom is 0.125 e. The summed E-state index contributed by atoms with van der Waals surface area (Å²) in [7, 11) is 0. The molecule has 0 fully saturated rings. The lowest BCUT2D eigenvalue weighted by atomic mass is 10.1. The molecular weight excluding hydrogens is 186 g/mol. The van der Waals surface area contributed by atoms with Crippen LogP contribution in [-0.2, 0) is 6.42 Å². The van der Waals surface area contributed by atoms with Crippen LogP contribution in [0.25, 0.3) is 0 Å². The lowest BCUT2D eigenvalue weighted by molar-refractivity contribution is 0.207. The van der Waals surface area contributed by atoms with Crippen LogP contribution >= 0.6 is 0 Å². The van der Waals surface area contributed by atoms with Gasteiger partial charge in [-0.1, -0.05) is 18.2 Å². The van der Waals surface area contributed by atoms with E-state index >= 15 is 0 Å². The summed E-state index contributed by atoms with van der Waals surface area (Å²) in [5.41, 5.74) is 2.42. The number of nitrogens with zero attached hydrogens (tertiary/aromatic N) is 1. The van der Waals surface area contributed by atoms with Crippen LogP contribution in [0.3, 0.4) is 0 Å². The van der Waals surface area contributed by atoms with Crippen molar-refractivity contribution in [3.8, 4) is 5.75 Å². The lowest BCUT2D eigenvalue weighted by Gasteiger charge is -2.15. The van der Waals surface area contributed by atoms with Crippen LogP contribution in [0.4, 0.5) is 0 Å². The Bertz CT molecular complexity index is 355. The zero-order valence-electron chi connectivity index (χ0n) is 9.53. The second-order valence-corrected chi connectivity index (χ2v) is 4.29. The summed E-state index contributed by atoms with van der Waals surface area (Å²) in [6.45, 7) is 6.17. The van der Waals surface area contributed by atoms with Gasteiger partial charge in [0.25, 0.3) is 0 Å². The Morgan fingerprint density at radius 1 is 1.40 bits per heavy atom. The minimum Gasteiger partial charge on any atom is -0.488 e. The van der Waals surface area contributed by atoms with Gasteiger partial charge in [0.1, 0.15) is 11.9 Å². The largest absolute Gasteiger partial charge is 0.488 e. The molecule has 0 saturated carbocycles. The second kappa shape index (κ2) is 4.05. The van der Waals surface area contributed by atoms with Gasteiger partial charge < -0.3 is 4.74 Å². The van der Waals surface area contributed by atoms with Crippen molar-refractivity contribution in [1.29, 1.82) is 0 Å². The third-order valence-electron chi connectivity index (χ3n) is 2.67. The van der Waals surface area contributed by atoms with E-state index in [2.05, 4.69) is 24.0 Å². The molecule has 1 heterocycles. The lowest BCUT2D eigenvalue weighted by Crippen LogP contribution is -2.26. The maximum absolute atomic E-state index is 5.86. The number of hydrogen-bond donors (Lipinski definition) is 0. The van der Waals surface area contributed by atoms with Gasteiger partial charge in [-0.15, -0.1) is 0 Å². The average molecular weight is 203 g/mol. The summed E-state index contributed by atoms with van der Waals surface area (Å²) in [6.07, 6.45) is 1.19. The van der Waals surface area contributed by atoms with Gasteiger partial charge in [-0.05, 0) is 32.4 Å². The molecule has 2 nitrogen and oxygen atoms in total. The zero-order chi connectivity index (χ0) is 10.8. The molecule has 0 saturated heterocycles. The number of benzene rings is 1. The van der Waals surface area contributed by atoms with Crippen LogP contribution in [0, 0.1) is 0 Å². The van der Waals surface area contributed by atoms with Crippen molar-refractivity contribution in [2.45, 2.75) is 39.3 Å². The molecule has 0 amide bonds. The topological polar surface area (TPSA) is 21.6 Å². The van der Waals surface area contributed by atoms with Gasteiger partial charge >= 0.3 is 0 Å². The highest BCUT2D eigenvalue weighted by Gasteiger charge is 2.26. The standard InChI is InChI=1S/C13H17NO/c1-9(2)14-10(3)13-8-11-6-4-5-7-12(11)15-13/h4-7,10,13H,8H2,1-3H3. The van der Waals surface area contributed by atoms with E-state index in [0.29, 0.717) is 0 Å². The molecule has 1 aromatic rings. The smallest absolute Gasteiger partial charge is 0.125 e. The van der Waals surface area contributed by atoms with Crippen molar-refractivity contribution in [3.05, 3.63) is 29.8 Å². The van der Waals surface area contributed by atoms with Gasteiger partial charge in [-0.2, -0.15) is 0 Å². The van der Waals surface area contributed by atoms with Gasteiger partial charge in [0.2, 0.25) is 0 Å². The second-order valence-electron chi connectivity index (χ2n) is 4.29. The Labute approximate surface area is 91.0 Å². The van der Waals surface area contributed by atoms with Gasteiger partial charge in [-0.3, -0.25) is 4.99 Å². The number of rotatable bonds is 2. The highest BCUT2D eigenvalue weighted by atomic mass is 16.5. The van der Waals surface area contributed by atoms with Crippen LogP contribution in [0.15, 0.2) is 29.3 Å². The first-order chi connectivity index (χ1) is 7.16. The highest BCUT2D eigenvalue weighted by Crippen LogP contribution is 2.30. The molecule has 0 aromatic heterocycles. The Hall–Kier alpha value is -1.31. The summed E-state index contributed by atoms with van der Waals surface area (Å²) in [5.74, 6) is 1.03. The fourth-order valence-electron chi connectivity index (χ4n) is 1.97. The number of aliphatic imine (C=N–C) groups is 1. The minimum absolute atomic E-state index is 0.206. The molecule has 0 bridgehead atoms. The van der Waals surface area contributed by atoms with Gasteiger partial charge in [0, 0.05) is 12.1 Å².